The maximum absolute atomic E-state index is 12.1. The fourth-order valence-corrected chi connectivity index (χ4v) is 3.49. The minimum Gasteiger partial charge on any atom is -0.377 e. The van der Waals surface area contributed by atoms with E-state index in [1.807, 2.05) is 0 Å². The lowest BCUT2D eigenvalue weighted by Crippen LogP contribution is -2.21. The topological polar surface area (TPSA) is 109 Å². The SMILES string of the molecule is C=CC(=O)NCCCCCCOP(C)(=O)OCCOCCOCCOP(C)(C)=O. The van der Waals surface area contributed by atoms with Crippen LogP contribution in [0, 0.1) is 0 Å². The molecule has 1 amide bonds. The second kappa shape index (κ2) is 17.2. The van der Waals surface area contributed by atoms with Crippen LogP contribution >= 0.6 is 15.0 Å². The summed E-state index contributed by atoms with van der Waals surface area (Å²) in [5.41, 5.74) is 0. The Morgan fingerprint density at radius 3 is 1.90 bits per heavy atom. The maximum atomic E-state index is 12.1. The molecule has 0 spiro atoms. The lowest BCUT2D eigenvalue weighted by Gasteiger charge is -2.14. The van der Waals surface area contributed by atoms with E-state index in [1.165, 1.54) is 12.7 Å². The van der Waals surface area contributed by atoms with Crippen LogP contribution in [0.4, 0.5) is 0 Å². The second-order valence-corrected chi connectivity index (χ2v) is 11.5. The van der Waals surface area contributed by atoms with Gasteiger partial charge in [0.1, 0.15) is 0 Å². The Kier molecular flexibility index (Phi) is 16.9. The summed E-state index contributed by atoms with van der Waals surface area (Å²) in [5.74, 6) is -0.162. The molecule has 0 heterocycles. The Morgan fingerprint density at radius 2 is 1.31 bits per heavy atom. The molecule has 0 aromatic heterocycles. The van der Waals surface area contributed by atoms with Crippen molar-refractivity contribution in [3.05, 3.63) is 12.7 Å². The van der Waals surface area contributed by atoms with Crippen molar-refractivity contribution in [2.45, 2.75) is 25.7 Å². The van der Waals surface area contributed by atoms with Crippen molar-refractivity contribution in [2.24, 2.45) is 0 Å². The van der Waals surface area contributed by atoms with E-state index in [0.717, 1.165) is 25.7 Å². The van der Waals surface area contributed by atoms with Crippen molar-refractivity contribution in [1.29, 1.82) is 0 Å². The zero-order chi connectivity index (χ0) is 22.0. The van der Waals surface area contributed by atoms with Gasteiger partial charge in [-0.05, 0) is 18.9 Å². The summed E-state index contributed by atoms with van der Waals surface area (Å²) in [4.78, 5) is 11.0. The molecule has 11 heteroatoms. The van der Waals surface area contributed by atoms with Gasteiger partial charge in [-0.3, -0.25) is 13.9 Å². The largest absolute Gasteiger partial charge is 0.377 e. The molecule has 1 atom stereocenters. The summed E-state index contributed by atoms with van der Waals surface area (Å²) in [6, 6.07) is 0. The minimum absolute atomic E-state index is 0.162. The van der Waals surface area contributed by atoms with E-state index in [4.69, 9.17) is 23.0 Å². The van der Waals surface area contributed by atoms with Crippen LogP contribution in [-0.2, 0) is 37.0 Å². The summed E-state index contributed by atoms with van der Waals surface area (Å²) >= 11 is 0. The number of ether oxygens (including phenoxy) is 2. The van der Waals surface area contributed by atoms with Gasteiger partial charge in [0.2, 0.25) is 5.91 Å². The molecule has 0 radical (unpaired) electrons. The number of unbranched alkanes of at least 4 members (excludes halogenated alkanes) is 3. The number of carbonyl (C=O) groups excluding carboxylic acids is 1. The molecule has 0 aliphatic heterocycles. The first kappa shape index (κ1) is 28.5. The first-order valence-corrected chi connectivity index (χ1v) is 14.3. The summed E-state index contributed by atoms with van der Waals surface area (Å²) in [6.45, 7) is 10.8. The lowest BCUT2D eigenvalue weighted by atomic mass is 10.2. The molecular formula is C18H37NO8P2. The molecule has 29 heavy (non-hydrogen) atoms. The molecule has 9 nitrogen and oxygen atoms in total. The van der Waals surface area contributed by atoms with Gasteiger partial charge in [0.05, 0.1) is 46.2 Å². The third-order valence-corrected chi connectivity index (χ3v) is 5.54. The highest BCUT2D eigenvalue weighted by molar-refractivity contribution is 7.57. The van der Waals surface area contributed by atoms with Crippen molar-refractivity contribution in [3.8, 4) is 0 Å². The zero-order valence-corrected chi connectivity index (χ0v) is 19.7. The highest BCUT2D eigenvalue weighted by Crippen LogP contribution is 2.43. The highest BCUT2D eigenvalue weighted by Gasteiger charge is 2.16. The number of hydrogen-bond acceptors (Lipinski definition) is 8. The van der Waals surface area contributed by atoms with Crippen LogP contribution < -0.4 is 5.32 Å². The average molecular weight is 457 g/mol. The second-order valence-electron chi connectivity index (χ2n) is 6.66. The normalized spacial score (nSPS) is 13.8. The van der Waals surface area contributed by atoms with E-state index < -0.39 is 15.0 Å². The number of hydrogen-bond donors (Lipinski definition) is 1. The number of amides is 1. The first-order chi connectivity index (χ1) is 13.7. The van der Waals surface area contributed by atoms with Gasteiger partial charge in [0, 0.05) is 26.5 Å². The monoisotopic (exact) mass is 457 g/mol. The Labute approximate surface area is 174 Å². The molecule has 0 aromatic rings. The van der Waals surface area contributed by atoms with E-state index in [9.17, 15) is 13.9 Å². The Morgan fingerprint density at radius 1 is 0.793 bits per heavy atom. The lowest BCUT2D eigenvalue weighted by molar-refractivity contribution is -0.116. The fourth-order valence-electron chi connectivity index (χ4n) is 2.03. The van der Waals surface area contributed by atoms with Gasteiger partial charge in [0.15, 0.2) is 7.37 Å². The molecule has 0 rings (SSSR count). The molecule has 1 unspecified atom stereocenters. The maximum Gasteiger partial charge on any atom is 0.327 e. The van der Waals surface area contributed by atoms with Crippen molar-refractivity contribution in [1.82, 2.24) is 5.32 Å². The summed E-state index contributed by atoms with van der Waals surface area (Å²) < 4.78 is 49.7. The van der Waals surface area contributed by atoms with Crippen LogP contribution in [0.5, 0.6) is 0 Å². The zero-order valence-electron chi connectivity index (χ0n) is 17.9. The van der Waals surface area contributed by atoms with Gasteiger partial charge in [-0.1, -0.05) is 19.4 Å². The van der Waals surface area contributed by atoms with Crippen LogP contribution in [0.2, 0.25) is 0 Å². The molecule has 0 saturated heterocycles. The molecule has 0 aliphatic carbocycles. The molecule has 0 fully saturated rings. The third kappa shape index (κ3) is 22.0. The summed E-state index contributed by atoms with van der Waals surface area (Å²) in [6.07, 6.45) is 4.78. The first-order valence-electron chi connectivity index (χ1n) is 9.78. The van der Waals surface area contributed by atoms with Crippen LogP contribution in [-0.4, -0.2) is 78.7 Å². The van der Waals surface area contributed by atoms with Gasteiger partial charge in [-0.15, -0.1) is 0 Å². The van der Waals surface area contributed by atoms with Gasteiger partial charge in [-0.25, -0.2) is 0 Å². The van der Waals surface area contributed by atoms with Crippen LogP contribution in [0.25, 0.3) is 0 Å². The van der Waals surface area contributed by atoms with E-state index in [2.05, 4.69) is 11.9 Å². The van der Waals surface area contributed by atoms with Crippen molar-refractivity contribution >= 4 is 20.9 Å². The van der Waals surface area contributed by atoms with Gasteiger partial charge >= 0.3 is 7.60 Å². The average Bonchev–Trinajstić information content (AvgIpc) is 2.64. The molecule has 0 aromatic carbocycles. The quantitative estimate of drug-likeness (QED) is 0.169. The van der Waals surface area contributed by atoms with E-state index in [1.54, 1.807) is 13.3 Å². The fraction of sp³-hybridized carbons (Fsp3) is 0.833. The minimum atomic E-state index is -3.08. The Hall–Kier alpha value is -0.530. The number of rotatable bonds is 20. The Balaban J connectivity index is 3.44. The van der Waals surface area contributed by atoms with Crippen LogP contribution in [0.15, 0.2) is 12.7 Å². The molecule has 1 N–H and O–H groups in total. The van der Waals surface area contributed by atoms with Crippen LogP contribution in [0.1, 0.15) is 25.7 Å². The molecule has 0 saturated carbocycles. The van der Waals surface area contributed by atoms with E-state index in [0.29, 0.717) is 33.0 Å². The highest BCUT2D eigenvalue weighted by atomic mass is 31.2. The van der Waals surface area contributed by atoms with Gasteiger partial charge in [0.25, 0.3) is 0 Å². The third-order valence-electron chi connectivity index (χ3n) is 3.44. The predicted octanol–water partition coefficient (Wildman–Crippen LogP) is 3.29. The smallest absolute Gasteiger partial charge is 0.327 e. The number of carbonyl (C=O) groups is 1. The molecule has 172 valence electrons. The molecular weight excluding hydrogens is 420 g/mol. The number of nitrogens with one attached hydrogen (secondary N) is 1. The summed E-state index contributed by atoms with van der Waals surface area (Å²) in [7, 11) is -5.54. The molecule has 0 aliphatic rings. The van der Waals surface area contributed by atoms with E-state index >= 15 is 0 Å². The Bertz CT molecular complexity index is 538. The predicted molar refractivity (Wildman–Crippen MR) is 114 cm³/mol. The van der Waals surface area contributed by atoms with Crippen LogP contribution in [0.3, 0.4) is 0 Å². The van der Waals surface area contributed by atoms with Gasteiger partial charge < -0.3 is 28.4 Å². The van der Waals surface area contributed by atoms with Crippen molar-refractivity contribution in [2.75, 3.05) is 72.8 Å². The molecule has 0 bridgehead atoms. The standard InChI is InChI=1S/C18H37NO8P2/c1-5-18(20)19-10-8-6-7-9-11-26-29(4,22)27-17-15-24-13-12-23-14-16-25-28(2,3)21/h5H,1,6-17H2,2-4H3,(H,19,20). The summed E-state index contributed by atoms with van der Waals surface area (Å²) in [5, 5.41) is 2.71. The van der Waals surface area contributed by atoms with Crippen molar-refractivity contribution < 1.29 is 37.0 Å². The van der Waals surface area contributed by atoms with Gasteiger partial charge in [-0.2, -0.15) is 0 Å². The van der Waals surface area contributed by atoms with E-state index in [-0.39, 0.29) is 25.7 Å². The van der Waals surface area contributed by atoms with Crippen molar-refractivity contribution in [3.63, 3.8) is 0 Å².